The van der Waals surface area contributed by atoms with Crippen LogP contribution in [0.25, 0.3) is 0 Å². The van der Waals surface area contributed by atoms with Crippen LogP contribution in [0.4, 0.5) is 5.69 Å². The van der Waals surface area contributed by atoms with Gasteiger partial charge in [0.05, 0.1) is 16.3 Å². The summed E-state index contributed by atoms with van der Waals surface area (Å²) in [7, 11) is 0. The second-order valence-corrected chi connectivity index (χ2v) is 4.26. The molecule has 82 valence electrons. The van der Waals surface area contributed by atoms with Crippen molar-refractivity contribution in [1.82, 2.24) is 0 Å². The van der Waals surface area contributed by atoms with E-state index in [2.05, 4.69) is 0 Å². The highest BCUT2D eigenvalue weighted by Gasteiger charge is 2.08. The van der Waals surface area contributed by atoms with Crippen molar-refractivity contribution in [3.63, 3.8) is 0 Å². The Morgan fingerprint density at radius 1 is 1.60 bits per heavy atom. The fourth-order valence-electron chi connectivity index (χ4n) is 0.972. The van der Waals surface area contributed by atoms with E-state index in [1.54, 1.807) is 23.9 Å². The lowest BCUT2D eigenvalue weighted by molar-refractivity contribution is 0.0530. The molecule has 0 spiro atoms. The first-order chi connectivity index (χ1) is 7.15. The molecular formula is C10H12ClNO2S. The predicted octanol–water partition coefficient (Wildman–Crippen LogP) is 2.44. The van der Waals surface area contributed by atoms with Crippen LogP contribution >= 0.6 is 23.4 Å². The topological polar surface area (TPSA) is 52.3 Å². The Morgan fingerprint density at radius 2 is 2.33 bits per heavy atom. The molecule has 2 N–H and O–H groups in total. The SMILES string of the molecule is CSCCOC(=O)c1ccc(Cl)c(N)c1. The predicted molar refractivity (Wildman–Crippen MR) is 64.5 cm³/mol. The molecule has 0 aromatic heterocycles. The van der Waals surface area contributed by atoms with Crippen molar-refractivity contribution < 1.29 is 9.53 Å². The molecule has 1 aromatic rings. The minimum absolute atomic E-state index is 0.368. The van der Waals surface area contributed by atoms with E-state index >= 15 is 0 Å². The third-order valence-corrected chi connectivity index (χ3v) is 2.67. The quantitative estimate of drug-likeness (QED) is 0.503. The Labute approximate surface area is 97.9 Å². The number of ether oxygens (including phenoxy) is 1. The van der Waals surface area contributed by atoms with Gasteiger partial charge in [-0.2, -0.15) is 11.8 Å². The molecule has 5 heteroatoms. The molecule has 0 heterocycles. The van der Waals surface area contributed by atoms with E-state index < -0.39 is 0 Å². The number of benzene rings is 1. The van der Waals surface area contributed by atoms with Gasteiger partial charge < -0.3 is 10.5 Å². The van der Waals surface area contributed by atoms with Crippen LogP contribution in [0.5, 0.6) is 0 Å². The van der Waals surface area contributed by atoms with Crippen LogP contribution in [0.1, 0.15) is 10.4 Å². The van der Waals surface area contributed by atoms with Gasteiger partial charge in [-0.3, -0.25) is 0 Å². The number of nitrogen functional groups attached to an aromatic ring is 1. The molecule has 0 aliphatic rings. The van der Waals surface area contributed by atoms with Gasteiger partial charge in [0.2, 0.25) is 0 Å². The van der Waals surface area contributed by atoms with Crippen LogP contribution in [0.15, 0.2) is 18.2 Å². The number of carbonyl (C=O) groups is 1. The minimum atomic E-state index is -0.368. The lowest BCUT2D eigenvalue weighted by Gasteiger charge is -2.05. The largest absolute Gasteiger partial charge is 0.461 e. The number of thioether (sulfide) groups is 1. The Bertz CT molecular complexity index is 357. The monoisotopic (exact) mass is 245 g/mol. The molecule has 1 rings (SSSR count). The molecule has 0 unspecified atom stereocenters. The number of esters is 1. The number of hydrogen-bond donors (Lipinski definition) is 1. The maximum Gasteiger partial charge on any atom is 0.338 e. The summed E-state index contributed by atoms with van der Waals surface area (Å²) in [6.07, 6.45) is 1.95. The van der Waals surface area contributed by atoms with Gasteiger partial charge in [0.15, 0.2) is 0 Å². The fraction of sp³-hybridized carbons (Fsp3) is 0.300. The van der Waals surface area contributed by atoms with Crippen molar-refractivity contribution in [2.24, 2.45) is 0 Å². The van der Waals surface area contributed by atoms with Crippen LogP contribution in [0.2, 0.25) is 5.02 Å². The Balaban J connectivity index is 2.62. The van der Waals surface area contributed by atoms with Crippen LogP contribution in [0, 0.1) is 0 Å². The average Bonchev–Trinajstić information content (AvgIpc) is 2.22. The molecule has 0 saturated heterocycles. The molecule has 0 fully saturated rings. The lowest BCUT2D eigenvalue weighted by atomic mass is 10.2. The zero-order chi connectivity index (χ0) is 11.3. The highest BCUT2D eigenvalue weighted by molar-refractivity contribution is 7.98. The molecule has 0 aliphatic heterocycles. The summed E-state index contributed by atoms with van der Waals surface area (Å²) < 4.78 is 5.00. The number of hydrogen-bond acceptors (Lipinski definition) is 4. The highest BCUT2D eigenvalue weighted by atomic mass is 35.5. The molecule has 0 atom stereocenters. The van der Waals surface area contributed by atoms with Crippen molar-refractivity contribution in [2.45, 2.75) is 0 Å². The highest BCUT2D eigenvalue weighted by Crippen LogP contribution is 2.19. The van der Waals surface area contributed by atoms with E-state index in [0.29, 0.717) is 22.9 Å². The normalized spacial score (nSPS) is 10.0. The van der Waals surface area contributed by atoms with Gasteiger partial charge in [-0.15, -0.1) is 0 Å². The minimum Gasteiger partial charge on any atom is -0.461 e. The number of nitrogens with two attached hydrogens (primary N) is 1. The summed E-state index contributed by atoms with van der Waals surface area (Å²) in [6.45, 7) is 0.405. The number of rotatable bonds is 4. The van der Waals surface area contributed by atoms with Gasteiger partial charge in [-0.1, -0.05) is 11.6 Å². The van der Waals surface area contributed by atoms with Gasteiger partial charge >= 0.3 is 5.97 Å². The van der Waals surface area contributed by atoms with Crippen LogP contribution < -0.4 is 5.73 Å². The van der Waals surface area contributed by atoms with Crippen molar-refractivity contribution in [3.05, 3.63) is 28.8 Å². The third kappa shape index (κ3) is 3.64. The summed E-state index contributed by atoms with van der Waals surface area (Å²) in [5.41, 5.74) is 6.38. The van der Waals surface area contributed by atoms with Crippen LogP contribution in [-0.4, -0.2) is 24.6 Å². The maximum atomic E-state index is 11.5. The van der Waals surface area contributed by atoms with E-state index in [4.69, 9.17) is 22.1 Å². The van der Waals surface area contributed by atoms with Crippen LogP contribution in [-0.2, 0) is 4.74 Å². The van der Waals surface area contributed by atoms with E-state index in [1.807, 2.05) is 6.26 Å². The number of halogens is 1. The van der Waals surface area contributed by atoms with Gasteiger partial charge in [-0.25, -0.2) is 4.79 Å². The molecule has 0 amide bonds. The molecular weight excluding hydrogens is 234 g/mol. The van der Waals surface area contributed by atoms with Crippen LogP contribution in [0.3, 0.4) is 0 Å². The van der Waals surface area contributed by atoms with E-state index in [1.165, 1.54) is 6.07 Å². The zero-order valence-corrected chi connectivity index (χ0v) is 9.90. The van der Waals surface area contributed by atoms with Gasteiger partial charge in [0, 0.05) is 5.75 Å². The zero-order valence-electron chi connectivity index (χ0n) is 8.33. The Hall–Kier alpha value is -0.870. The smallest absolute Gasteiger partial charge is 0.338 e. The fourth-order valence-corrected chi connectivity index (χ4v) is 1.34. The first-order valence-electron chi connectivity index (χ1n) is 4.36. The molecule has 1 aromatic carbocycles. The second kappa shape index (κ2) is 5.88. The Morgan fingerprint density at radius 3 is 2.93 bits per heavy atom. The lowest BCUT2D eigenvalue weighted by Crippen LogP contribution is -2.08. The molecule has 0 radical (unpaired) electrons. The number of anilines is 1. The van der Waals surface area contributed by atoms with Crippen molar-refractivity contribution >= 4 is 35.0 Å². The summed E-state index contributed by atoms with van der Waals surface area (Å²) in [5.74, 6) is 0.418. The molecule has 0 bridgehead atoms. The van der Waals surface area contributed by atoms with Crippen molar-refractivity contribution in [1.29, 1.82) is 0 Å². The maximum absolute atomic E-state index is 11.5. The first kappa shape index (κ1) is 12.2. The summed E-state index contributed by atoms with van der Waals surface area (Å²) in [5, 5.41) is 0.440. The van der Waals surface area contributed by atoms with E-state index in [-0.39, 0.29) is 5.97 Å². The van der Waals surface area contributed by atoms with Gasteiger partial charge in [0.25, 0.3) is 0 Å². The standard InChI is InChI=1S/C10H12ClNO2S/c1-15-5-4-14-10(13)7-2-3-8(11)9(12)6-7/h2-3,6H,4-5,12H2,1H3. The molecule has 3 nitrogen and oxygen atoms in total. The molecule has 15 heavy (non-hydrogen) atoms. The van der Waals surface area contributed by atoms with Gasteiger partial charge in [0.1, 0.15) is 6.61 Å². The first-order valence-corrected chi connectivity index (χ1v) is 6.13. The second-order valence-electron chi connectivity index (χ2n) is 2.87. The molecule has 0 saturated carbocycles. The number of carbonyl (C=O) groups excluding carboxylic acids is 1. The molecule has 0 aliphatic carbocycles. The van der Waals surface area contributed by atoms with Crippen molar-refractivity contribution in [2.75, 3.05) is 24.3 Å². The third-order valence-electron chi connectivity index (χ3n) is 1.75. The van der Waals surface area contributed by atoms with Gasteiger partial charge in [-0.05, 0) is 24.5 Å². The Kier molecular flexibility index (Phi) is 4.78. The average molecular weight is 246 g/mol. The summed E-state index contributed by atoms with van der Waals surface area (Å²) in [6, 6.07) is 4.70. The van der Waals surface area contributed by atoms with Crippen molar-refractivity contribution in [3.8, 4) is 0 Å². The van der Waals surface area contributed by atoms with E-state index in [9.17, 15) is 4.79 Å². The summed E-state index contributed by atoms with van der Waals surface area (Å²) >= 11 is 7.35. The summed E-state index contributed by atoms with van der Waals surface area (Å²) in [4.78, 5) is 11.5. The van der Waals surface area contributed by atoms with E-state index in [0.717, 1.165) is 5.75 Å².